The lowest BCUT2D eigenvalue weighted by Gasteiger charge is -2.26. The van der Waals surface area contributed by atoms with Gasteiger partial charge in [-0.1, -0.05) is 18.2 Å². The number of nitrogens with two attached hydrogens (primary N) is 1. The molecule has 0 bridgehead atoms. The maximum Gasteiger partial charge on any atom is 0.123 e. The van der Waals surface area contributed by atoms with Crippen molar-refractivity contribution in [1.82, 2.24) is 4.90 Å². The first-order valence-corrected chi connectivity index (χ1v) is 6.17. The van der Waals surface area contributed by atoms with Crippen LogP contribution < -0.4 is 5.73 Å². The Morgan fingerprint density at radius 3 is 2.78 bits per heavy atom. The van der Waals surface area contributed by atoms with Crippen LogP contribution in [0, 0.1) is 5.82 Å². The van der Waals surface area contributed by atoms with Crippen molar-refractivity contribution in [2.24, 2.45) is 5.73 Å². The zero-order valence-corrected chi connectivity index (χ0v) is 11.3. The quantitative estimate of drug-likeness (QED) is 0.912. The Kier molecular flexibility index (Phi) is 6.33. The van der Waals surface area contributed by atoms with Crippen LogP contribution >= 0.6 is 12.4 Å². The van der Waals surface area contributed by atoms with Crippen molar-refractivity contribution in [3.63, 3.8) is 0 Å². The first-order chi connectivity index (χ1) is 8.29. The summed E-state index contributed by atoms with van der Waals surface area (Å²) in [6, 6.07) is 6.85. The topological polar surface area (TPSA) is 29.3 Å². The van der Waals surface area contributed by atoms with E-state index >= 15 is 0 Å². The molecule has 0 atom stereocenters. The van der Waals surface area contributed by atoms with Crippen LogP contribution in [0.25, 0.3) is 5.57 Å². The van der Waals surface area contributed by atoms with Gasteiger partial charge in [-0.25, -0.2) is 4.39 Å². The van der Waals surface area contributed by atoms with Gasteiger partial charge in [0.15, 0.2) is 0 Å². The van der Waals surface area contributed by atoms with E-state index in [1.54, 1.807) is 12.1 Å². The van der Waals surface area contributed by atoms with Crippen molar-refractivity contribution in [2.45, 2.75) is 12.8 Å². The van der Waals surface area contributed by atoms with Crippen molar-refractivity contribution < 1.29 is 4.39 Å². The fourth-order valence-electron chi connectivity index (χ4n) is 2.18. The summed E-state index contributed by atoms with van der Waals surface area (Å²) in [6.07, 6.45) is 4.24. The Morgan fingerprint density at radius 1 is 1.33 bits per heavy atom. The third-order valence-corrected chi connectivity index (χ3v) is 3.17. The van der Waals surface area contributed by atoms with Crippen LogP contribution in [-0.4, -0.2) is 31.1 Å². The molecule has 2 N–H and O–H groups in total. The van der Waals surface area contributed by atoms with Crippen molar-refractivity contribution in [3.05, 3.63) is 41.7 Å². The second-order valence-corrected chi connectivity index (χ2v) is 4.43. The van der Waals surface area contributed by atoms with Gasteiger partial charge in [-0.15, -0.1) is 12.4 Å². The predicted octanol–water partition coefficient (Wildman–Crippen LogP) is 2.69. The number of rotatable bonds is 4. The Labute approximate surface area is 114 Å². The zero-order valence-electron chi connectivity index (χ0n) is 10.4. The zero-order chi connectivity index (χ0) is 12.1. The highest BCUT2D eigenvalue weighted by molar-refractivity contribution is 5.85. The molecule has 0 radical (unpaired) electrons. The van der Waals surface area contributed by atoms with Crippen molar-refractivity contribution in [1.29, 1.82) is 0 Å². The average Bonchev–Trinajstić information content (AvgIpc) is 2.37. The molecule has 0 saturated carbocycles. The van der Waals surface area contributed by atoms with Gasteiger partial charge in [0.25, 0.3) is 0 Å². The van der Waals surface area contributed by atoms with Gasteiger partial charge in [0, 0.05) is 13.1 Å². The van der Waals surface area contributed by atoms with Crippen LogP contribution in [0.2, 0.25) is 0 Å². The summed E-state index contributed by atoms with van der Waals surface area (Å²) in [5, 5.41) is 0. The Morgan fingerprint density at radius 2 is 2.17 bits per heavy atom. The summed E-state index contributed by atoms with van der Waals surface area (Å²) >= 11 is 0. The first-order valence-electron chi connectivity index (χ1n) is 6.17. The molecule has 0 aromatic heterocycles. The van der Waals surface area contributed by atoms with Crippen LogP contribution in [0.15, 0.2) is 30.3 Å². The van der Waals surface area contributed by atoms with E-state index in [-0.39, 0.29) is 18.2 Å². The molecule has 2 rings (SSSR count). The largest absolute Gasteiger partial charge is 0.330 e. The van der Waals surface area contributed by atoms with Gasteiger partial charge in [-0.3, -0.25) is 4.90 Å². The van der Waals surface area contributed by atoms with Crippen LogP contribution in [0.5, 0.6) is 0 Å². The fraction of sp³-hybridized carbons (Fsp3) is 0.429. The molecule has 0 saturated heterocycles. The maximum atomic E-state index is 13.1. The van der Waals surface area contributed by atoms with Crippen molar-refractivity contribution >= 4 is 18.0 Å². The van der Waals surface area contributed by atoms with E-state index in [2.05, 4.69) is 11.0 Å². The lowest BCUT2D eigenvalue weighted by atomic mass is 9.99. The van der Waals surface area contributed by atoms with Gasteiger partial charge in [-0.2, -0.15) is 0 Å². The summed E-state index contributed by atoms with van der Waals surface area (Å²) in [4.78, 5) is 2.38. The number of halogens is 2. The number of benzene rings is 1. The van der Waals surface area contributed by atoms with Gasteiger partial charge >= 0.3 is 0 Å². The molecule has 4 heteroatoms. The van der Waals surface area contributed by atoms with Crippen molar-refractivity contribution in [2.75, 3.05) is 26.2 Å². The van der Waals surface area contributed by atoms with Crippen molar-refractivity contribution in [3.8, 4) is 0 Å². The highest BCUT2D eigenvalue weighted by Gasteiger charge is 2.12. The SMILES string of the molecule is Cl.NCCCN1CC=C(c2cccc(F)c2)CC1. The molecule has 1 aliphatic rings. The molecule has 1 aromatic carbocycles. The summed E-state index contributed by atoms with van der Waals surface area (Å²) < 4.78 is 13.1. The third kappa shape index (κ3) is 4.09. The second-order valence-electron chi connectivity index (χ2n) is 4.43. The van der Waals surface area contributed by atoms with Gasteiger partial charge < -0.3 is 5.73 Å². The van der Waals surface area contributed by atoms with Gasteiger partial charge in [-0.05, 0) is 49.2 Å². The average molecular weight is 271 g/mol. The standard InChI is InChI=1S/C14H19FN2.ClH/c15-14-4-1-3-13(11-14)12-5-9-17(10-6-12)8-2-7-16;/h1,3-5,11H,2,6-10,16H2;1H. The van der Waals surface area contributed by atoms with E-state index in [9.17, 15) is 4.39 Å². The third-order valence-electron chi connectivity index (χ3n) is 3.17. The Hall–Kier alpha value is -0.900. The van der Waals surface area contributed by atoms with E-state index < -0.39 is 0 Å². The summed E-state index contributed by atoms with van der Waals surface area (Å²) in [5.74, 6) is -0.158. The molecule has 0 spiro atoms. The van der Waals surface area contributed by atoms with E-state index in [0.717, 1.165) is 44.6 Å². The number of nitrogens with zero attached hydrogens (tertiary/aromatic N) is 1. The lowest BCUT2D eigenvalue weighted by Crippen LogP contribution is -2.30. The van der Waals surface area contributed by atoms with Crippen LogP contribution in [0.3, 0.4) is 0 Å². The van der Waals surface area contributed by atoms with Crippen LogP contribution in [-0.2, 0) is 0 Å². The first kappa shape index (κ1) is 15.2. The lowest BCUT2D eigenvalue weighted by molar-refractivity contribution is 0.300. The molecule has 1 heterocycles. The molecule has 2 nitrogen and oxygen atoms in total. The molecule has 1 aromatic rings. The Balaban J connectivity index is 0.00000162. The normalized spacial score (nSPS) is 16.0. The fourth-order valence-corrected chi connectivity index (χ4v) is 2.18. The predicted molar refractivity (Wildman–Crippen MR) is 76.4 cm³/mol. The molecular formula is C14H20ClFN2. The van der Waals surface area contributed by atoms with E-state index in [0.29, 0.717) is 0 Å². The maximum absolute atomic E-state index is 13.1. The van der Waals surface area contributed by atoms with Gasteiger partial charge in [0.2, 0.25) is 0 Å². The van der Waals surface area contributed by atoms with Crippen LogP contribution in [0.1, 0.15) is 18.4 Å². The molecule has 0 aliphatic carbocycles. The number of hydrogen-bond acceptors (Lipinski definition) is 2. The minimum Gasteiger partial charge on any atom is -0.330 e. The monoisotopic (exact) mass is 270 g/mol. The molecule has 0 amide bonds. The summed E-state index contributed by atoms with van der Waals surface area (Å²) in [6.45, 7) is 3.80. The van der Waals surface area contributed by atoms with Gasteiger partial charge in [0.1, 0.15) is 5.82 Å². The van der Waals surface area contributed by atoms with E-state index in [1.807, 2.05) is 6.07 Å². The van der Waals surface area contributed by atoms with Crippen LogP contribution in [0.4, 0.5) is 4.39 Å². The highest BCUT2D eigenvalue weighted by Crippen LogP contribution is 2.22. The molecular weight excluding hydrogens is 251 g/mol. The van der Waals surface area contributed by atoms with Gasteiger partial charge in [0.05, 0.1) is 0 Å². The smallest absolute Gasteiger partial charge is 0.123 e. The Bertz CT molecular complexity index is 407. The molecule has 100 valence electrons. The molecule has 18 heavy (non-hydrogen) atoms. The number of hydrogen-bond donors (Lipinski definition) is 1. The molecule has 0 fully saturated rings. The molecule has 1 aliphatic heterocycles. The second kappa shape index (κ2) is 7.52. The minimum absolute atomic E-state index is 0. The van der Waals surface area contributed by atoms with E-state index in [1.165, 1.54) is 11.6 Å². The summed E-state index contributed by atoms with van der Waals surface area (Å²) in [7, 11) is 0. The minimum atomic E-state index is -0.158. The van der Waals surface area contributed by atoms with E-state index in [4.69, 9.17) is 5.73 Å². The highest BCUT2D eigenvalue weighted by atomic mass is 35.5. The molecule has 0 unspecified atom stereocenters. The summed E-state index contributed by atoms with van der Waals surface area (Å²) in [5.41, 5.74) is 7.77.